The number of carbonyl (C=O) groups excluding carboxylic acids is 1. The molecule has 8 nitrogen and oxygen atoms in total. The number of benzene rings is 2. The summed E-state index contributed by atoms with van der Waals surface area (Å²) in [4.78, 5) is 28.1. The van der Waals surface area contributed by atoms with Crippen molar-refractivity contribution < 1.29 is 36.6 Å². The van der Waals surface area contributed by atoms with Crippen LogP contribution in [0.4, 0.5) is 27.8 Å². The first-order valence-electron chi connectivity index (χ1n) is 15.0. The van der Waals surface area contributed by atoms with E-state index in [9.17, 15) is 27.5 Å². The van der Waals surface area contributed by atoms with Gasteiger partial charge in [-0.25, -0.2) is 13.2 Å². The van der Waals surface area contributed by atoms with Gasteiger partial charge < -0.3 is 14.7 Å². The topological polar surface area (TPSA) is 91.7 Å². The lowest BCUT2D eigenvalue weighted by atomic mass is 9.94. The Morgan fingerprint density at radius 3 is 2.76 bits per heavy atom. The van der Waals surface area contributed by atoms with E-state index in [0.29, 0.717) is 29.3 Å². The van der Waals surface area contributed by atoms with Crippen LogP contribution in [-0.2, 0) is 11.2 Å². The third kappa shape index (κ3) is 4.91. The highest BCUT2D eigenvalue weighted by Gasteiger charge is 2.49. The summed E-state index contributed by atoms with van der Waals surface area (Å²) in [5, 5.41) is 11.3. The van der Waals surface area contributed by atoms with Crippen LogP contribution in [0, 0.1) is 11.6 Å². The van der Waals surface area contributed by atoms with Crippen molar-refractivity contribution in [1.29, 1.82) is 0 Å². The summed E-state index contributed by atoms with van der Waals surface area (Å²) in [6.07, 6.45) is 1.87. The summed E-state index contributed by atoms with van der Waals surface area (Å²) < 4.78 is 81.0. The molecule has 13 heteroatoms. The van der Waals surface area contributed by atoms with Crippen molar-refractivity contribution in [3.63, 3.8) is 0 Å². The van der Waals surface area contributed by atoms with E-state index in [4.69, 9.17) is 4.74 Å². The van der Waals surface area contributed by atoms with Crippen LogP contribution in [0.2, 0.25) is 0 Å². The fourth-order valence-corrected chi connectivity index (χ4v) is 7.20. The van der Waals surface area contributed by atoms with Crippen LogP contribution in [0.3, 0.4) is 0 Å². The van der Waals surface area contributed by atoms with Crippen molar-refractivity contribution >= 4 is 33.3 Å². The van der Waals surface area contributed by atoms with Crippen molar-refractivity contribution in [2.45, 2.75) is 56.7 Å². The van der Waals surface area contributed by atoms with E-state index in [1.165, 1.54) is 35.4 Å². The highest BCUT2D eigenvalue weighted by molar-refractivity contribution is 6.02. The molecule has 0 amide bonds. The molecule has 3 aliphatic heterocycles. The van der Waals surface area contributed by atoms with Gasteiger partial charge in [-0.2, -0.15) is 18.7 Å². The molecule has 3 fully saturated rings. The third-order valence-electron chi connectivity index (χ3n) is 9.34. The molecular formula is C32H30F5N5O3. The van der Waals surface area contributed by atoms with Gasteiger partial charge in [0.1, 0.15) is 41.4 Å². The van der Waals surface area contributed by atoms with Gasteiger partial charge in [0.25, 0.3) is 0 Å². The molecule has 0 aliphatic carbocycles. The Kier molecular flexibility index (Phi) is 7.06. The number of nitrogens with zero attached hydrogens (tertiary/aromatic N) is 5. The molecule has 3 aliphatic rings. The lowest BCUT2D eigenvalue weighted by molar-refractivity contribution is -0.143. The number of hydrogen-bond donors (Lipinski definition) is 1. The number of phenolic OH excluding ortho intramolecular Hbond substituents is 1. The van der Waals surface area contributed by atoms with Crippen LogP contribution < -0.4 is 9.64 Å². The van der Waals surface area contributed by atoms with Gasteiger partial charge in [-0.15, -0.1) is 0 Å². The van der Waals surface area contributed by atoms with Crippen LogP contribution in [-0.4, -0.2) is 81.2 Å². The maximum atomic E-state index is 16.6. The quantitative estimate of drug-likeness (QED) is 0.270. The smallest absolute Gasteiger partial charge is 0.322 e. The van der Waals surface area contributed by atoms with Gasteiger partial charge in [0, 0.05) is 37.7 Å². The Hall–Kier alpha value is -4.13. The van der Waals surface area contributed by atoms with E-state index in [1.54, 1.807) is 6.92 Å². The second kappa shape index (κ2) is 10.7. The molecule has 1 N–H and O–H groups in total. The minimum atomic E-state index is -3.65. The van der Waals surface area contributed by atoms with Gasteiger partial charge in [-0.05, 0) is 60.3 Å². The minimum Gasteiger partial charge on any atom is -0.508 e. The van der Waals surface area contributed by atoms with Crippen LogP contribution in [0.25, 0.3) is 32.9 Å². The van der Waals surface area contributed by atoms with Crippen LogP contribution in [0.5, 0.6) is 11.8 Å². The molecule has 4 aromatic rings. The fourth-order valence-electron chi connectivity index (χ4n) is 7.20. The molecule has 45 heavy (non-hydrogen) atoms. The number of ketones is 1. The SMILES string of the molecule is CCc1c(F)ccc2cc(O)cc(-c3ncc4c(N5CCC(=O)C(F)(F)C5)nc(OC[C@@]56CCCN5C[C@H](F)C6)nc4c3F)c12. The number of fused-ring (bicyclic) bond motifs is 3. The van der Waals surface area contributed by atoms with E-state index >= 15 is 4.39 Å². The van der Waals surface area contributed by atoms with Crippen molar-refractivity contribution in [2.24, 2.45) is 0 Å². The molecule has 7 rings (SSSR count). The molecule has 0 spiro atoms. The molecule has 236 valence electrons. The van der Waals surface area contributed by atoms with E-state index in [-0.39, 0.29) is 72.3 Å². The number of piperidine rings is 1. The number of aromatic nitrogens is 3. The predicted octanol–water partition coefficient (Wildman–Crippen LogP) is 5.76. The summed E-state index contributed by atoms with van der Waals surface area (Å²) in [5.74, 6) is -6.57. The number of phenols is 1. The number of carbonyl (C=O) groups is 1. The van der Waals surface area contributed by atoms with Crippen LogP contribution in [0.15, 0.2) is 30.5 Å². The number of hydrogen-bond acceptors (Lipinski definition) is 8. The van der Waals surface area contributed by atoms with Gasteiger partial charge in [0.2, 0.25) is 5.78 Å². The number of Topliss-reactive ketones (excluding diaryl/α,β-unsaturated/α-hetero) is 1. The molecule has 2 aromatic carbocycles. The molecular weight excluding hydrogens is 597 g/mol. The van der Waals surface area contributed by atoms with Crippen molar-refractivity contribution in [3.05, 3.63) is 47.7 Å². The monoisotopic (exact) mass is 627 g/mol. The number of rotatable bonds is 6. The van der Waals surface area contributed by atoms with E-state index in [0.717, 1.165) is 6.42 Å². The van der Waals surface area contributed by atoms with E-state index in [2.05, 4.69) is 15.0 Å². The molecule has 5 heterocycles. The Balaban J connectivity index is 1.38. The number of halogens is 5. The standard InChI is InChI=1S/C32H30F5N5O3/c1-2-20-23(34)5-4-17-10-19(43)11-21(25(17)20)27-26(35)28-22(13-38-27)29(41-9-6-24(44)32(36,37)15-41)40-30(39-28)45-16-31-7-3-8-42(31)14-18(33)12-31/h4-5,10-11,13,18,43H,2-3,6-9,12,14-16H2,1H3/t18-,31+/m1/s1. The Bertz CT molecular complexity index is 1860. The zero-order valence-electron chi connectivity index (χ0n) is 24.4. The zero-order chi connectivity index (χ0) is 31.7. The number of anilines is 1. The largest absolute Gasteiger partial charge is 0.508 e. The number of aryl methyl sites for hydroxylation is 1. The Morgan fingerprint density at radius 1 is 1.16 bits per heavy atom. The molecule has 2 aromatic heterocycles. The highest BCUT2D eigenvalue weighted by atomic mass is 19.3. The maximum Gasteiger partial charge on any atom is 0.322 e. The van der Waals surface area contributed by atoms with Gasteiger partial charge >= 0.3 is 11.9 Å². The fraction of sp³-hybridized carbons (Fsp3) is 0.438. The molecule has 3 saturated heterocycles. The summed E-state index contributed by atoms with van der Waals surface area (Å²) in [6.45, 7) is 1.70. The molecule has 0 bridgehead atoms. The molecule has 0 unspecified atom stereocenters. The van der Waals surface area contributed by atoms with Crippen LogP contribution in [0.1, 0.15) is 38.2 Å². The average Bonchev–Trinajstić information content (AvgIpc) is 3.53. The molecule has 2 atom stereocenters. The Morgan fingerprint density at radius 2 is 1.98 bits per heavy atom. The number of aromatic hydroxyl groups is 1. The number of alkyl halides is 3. The summed E-state index contributed by atoms with van der Waals surface area (Å²) in [7, 11) is 0. The van der Waals surface area contributed by atoms with Gasteiger partial charge in [-0.1, -0.05) is 13.0 Å². The third-order valence-corrected chi connectivity index (χ3v) is 9.34. The van der Waals surface area contributed by atoms with Crippen molar-refractivity contribution in [2.75, 3.05) is 37.7 Å². The average molecular weight is 628 g/mol. The maximum absolute atomic E-state index is 16.6. The van der Waals surface area contributed by atoms with Crippen molar-refractivity contribution in [3.8, 4) is 23.0 Å². The van der Waals surface area contributed by atoms with E-state index < -0.39 is 48.0 Å². The van der Waals surface area contributed by atoms with Crippen LogP contribution >= 0.6 is 0 Å². The first-order chi connectivity index (χ1) is 21.5. The number of pyridine rings is 1. The van der Waals surface area contributed by atoms with Gasteiger partial charge in [0.05, 0.1) is 17.5 Å². The first-order valence-corrected chi connectivity index (χ1v) is 15.0. The second-order valence-electron chi connectivity index (χ2n) is 12.1. The predicted molar refractivity (Wildman–Crippen MR) is 157 cm³/mol. The first kappa shape index (κ1) is 29.6. The van der Waals surface area contributed by atoms with E-state index in [1.807, 2.05) is 4.90 Å². The summed E-state index contributed by atoms with van der Waals surface area (Å²) >= 11 is 0. The van der Waals surface area contributed by atoms with Gasteiger partial charge in [0.15, 0.2) is 5.82 Å². The minimum absolute atomic E-state index is 0.00504. The second-order valence-corrected chi connectivity index (χ2v) is 12.1. The zero-order valence-corrected chi connectivity index (χ0v) is 24.4. The number of ether oxygens (including phenoxy) is 1. The summed E-state index contributed by atoms with van der Waals surface area (Å²) in [5.41, 5.74) is -0.679. The normalized spacial score (nSPS) is 23.3. The highest BCUT2D eigenvalue weighted by Crippen LogP contribution is 2.42. The van der Waals surface area contributed by atoms with Crippen molar-refractivity contribution in [1.82, 2.24) is 19.9 Å². The molecule has 0 saturated carbocycles. The Labute approximate surface area is 254 Å². The van der Waals surface area contributed by atoms with Gasteiger partial charge in [-0.3, -0.25) is 14.7 Å². The summed E-state index contributed by atoms with van der Waals surface area (Å²) in [6, 6.07) is 5.19. The molecule has 0 radical (unpaired) electrons. The lowest BCUT2D eigenvalue weighted by Gasteiger charge is -2.33. The lowest BCUT2D eigenvalue weighted by Crippen LogP contribution is -2.49.